The zero-order valence-corrected chi connectivity index (χ0v) is 33.5. The molecule has 0 amide bonds. The summed E-state index contributed by atoms with van der Waals surface area (Å²) in [5, 5.41) is 36.9. The van der Waals surface area contributed by atoms with Gasteiger partial charge in [0.2, 0.25) is 0 Å². The zero-order chi connectivity index (χ0) is 41.3. The second-order valence-electron chi connectivity index (χ2n) is 10.5. The van der Waals surface area contributed by atoms with Crippen LogP contribution in [0.25, 0.3) is 0 Å². The summed E-state index contributed by atoms with van der Waals surface area (Å²) in [6.07, 6.45) is -2.63. The van der Waals surface area contributed by atoms with Crippen molar-refractivity contribution in [3.05, 3.63) is 114 Å². The van der Waals surface area contributed by atoms with Gasteiger partial charge < -0.3 is 39.4 Å². The van der Waals surface area contributed by atoms with Gasteiger partial charge in [-0.15, -0.1) is 0 Å². The first-order chi connectivity index (χ1) is 25.2. The van der Waals surface area contributed by atoms with Crippen molar-refractivity contribution in [1.82, 2.24) is 0 Å². The van der Waals surface area contributed by atoms with Gasteiger partial charge in [-0.3, -0.25) is 0 Å². The Morgan fingerprint density at radius 1 is 0.537 bits per heavy atom. The first-order valence-corrected chi connectivity index (χ1v) is 17.4. The summed E-state index contributed by atoms with van der Waals surface area (Å²) in [6.45, 7) is 6.19. The molecule has 0 aliphatic carbocycles. The molecule has 54 heavy (non-hydrogen) atoms. The summed E-state index contributed by atoms with van der Waals surface area (Å²) in [7, 11) is 1.34. The van der Waals surface area contributed by atoms with Gasteiger partial charge in [-0.05, 0) is 106 Å². The number of hydrogen-bond donors (Lipinski definition) is 4. The van der Waals surface area contributed by atoms with E-state index in [-0.39, 0.29) is 21.4 Å². The molecule has 292 valence electrons. The van der Waals surface area contributed by atoms with Gasteiger partial charge in [0.25, 0.3) is 0 Å². The Morgan fingerprint density at radius 2 is 0.963 bits per heavy atom. The number of benzene rings is 4. The molecule has 3 atom stereocenters. The average Bonchev–Trinajstić information content (AvgIpc) is 3.09. The van der Waals surface area contributed by atoms with Crippen LogP contribution in [-0.4, -0.2) is 69.7 Å². The fourth-order valence-corrected chi connectivity index (χ4v) is 4.77. The van der Waals surface area contributed by atoms with Gasteiger partial charge in [0, 0.05) is 15.1 Å². The third-order valence-electron chi connectivity index (χ3n) is 6.28. The summed E-state index contributed by atoms with van der Waals surface area (Å²) < 4.78 is 20.2. The van der Waals surface area contributed by atoms with Gasteiger partial charge in [0.05, 0.1) is 22.2 Å². The quantitative estimate of drug-likeness (QED) is 0.112. The second kappa shape index (κ2) is 23.5. The van der Waals surface area contributed by atoms with Gasteiger partial charge in [-0.2, -0.15) is 0 Å². The van der Waals surface area contributed by atoms with Gasteiger partial charge in [-0.1, -0.05) is 69.6 Å². The van der Waals surface area contributed by atoms with Crippen molar-refractivity contribution in [2.75, 3.05) is 7.11 Å². The van der Waals surface area contributed by atoms with Crippen LogP contribution >= 0.6 is 69.6 Å². The average molecular weight is 871 g/mol. The molecule has 0 radical (unpaired) electrons. The molecule has 0 aliphatic rings. The fourth-order valence-electron chi connectivity index (χ4n) is 3.50. The lowest BCUT2D eigenvalue weighted by molar-refractivity contribution is -0.145. The lowest BCUT2D eigenvalue weighted by Gasteiger charge is -2.12. The Labute approximate surface area is 340 Å². The molecular formula is C36H34Cl6O12. The van der Waals surface area contributed by atoms with E-state index in [1.807, 2.05) is 6.92 Å². The van der Waals surface area contributed by atoms with Gasteiger partial charge in [0.1, 0.15) is 22.8 Å². The highest BCUT2D eigenvalue weighted by molar-refractivity contribution is 6.37. The molecule has 12 nitrogen and oxygen atoms in total. The molecule has 4 N–H and O–H groups in total. The predicted octanol–water partition coefficient (Wildman–Crippen LogP) is 10.2. The van der Waals surface area contributed by atoms with Crippen LogP contribution in [0.1, 0.15) is 36.7 Å². The molecule has 0 heterocycles. The van der Waals surface area contributed by atoms with Gasteiger partial charge in [-0.25, -0.2) is 19.2 Å². The van der Waals surface area contributed by atoms with Crippen LogP contribution in [0.2, 0.25) is 30.1 Å². The lowest BCUT2D eigenvalue weighted by atomic mass is 10.2. The van der Waals surface area contributed by atoms with Crippen LogP contribution in [0, 0.1) is 6.92 Å². The molecule has 18 heteroatoms. The van der Waals surface area contributed by atoms with Crippen LogP contribution in [-0.2, 0) is 14.4 Å². The van der Waals surface area contributed by atoms with Crippen molar-refractivity contribution >= 4 is 93.5 Å². The number of carboxylic acid groups (broad SMARTS) is 4. The number of rotatable bonds is 11. The fraction of sp³-hybridized carbons (Fsp3) is 0.222. The van der Waals surface area contributed by atoms with Gasteiger partial charge in [0.15, 0.2) is 24.1 Å². The first-order valence-electron chi connectivity index (χ1n) is 15.1. The molecule has 0 bridgehead atoms. The van der Waals surface area contributed by atoms with Crippen LogP contribution < -0.4 is 18.9 Å². The number of carboxylic acids is 4. The van der Waals surface area contributed by atoms with Crippen LogP contribution in [0.15, 0.2) is 72.8 Å². The van der Waals surface area contributed by atoms with Crippen molar-refractivity contribution in [3.8, 4) is 23.0 Å². The standard InChI is InChI=1S/C10H11ClO3.C9H8Cl2O3.C9H9ClO3.C8H6Cl2O3/c1-6-5-8(11)3-4-9(6)14-7(2)10(12)13;1-5(9(12)13)14-8-3-2-6(10)4-7(8)11;1-6(9(11)12)13-8-4-2-7(10)3-5-8;1-13-7-5(10)3-2-4(9)6(7)8(11)12/h3-5,7H,1-2H3,(H,12,13);2-5H,1H3,(H,12,13);2-6H,1H3,(H,11,12);2-3H,1H3,(H,11,12)/t;;6-;/m..0./s1. The van der Waals surface area contributed by atoms with Crippen molar-refractivity contribution in [2.45, 2.75) is 46.0 Å². The summed E-state index contributed by atoms with van der Waals surface area (Å²) in [5.74, 6) is -2.74. The Kier molecular flexibility index (Phi) is 20.7. The number of aliphatic carboxylic acids is 3. The predicted molar refractivity (Wildman–Crippen MR) is 207 cm³/mol. The molecule has 2 unspecified atom stereocenters. The van der Waals surface area contributed by atoms with E-state index in [1.165, 1.54) is 52.1 Å². The lowest BCUT2D eigenvalue weighted by Crippen LogP contribution is -2.23. The molecule has 0 spiro atoms. The van der Waals surface area contributed by atoms with Crippen LogP contribution in [0.3, 0.4) is 0 Å². The number of halogens is 6. The Morgan fingerprint density at radius 3 is 1.39 bits per heavy atom. The largest absolute Gasteiger partial charge is 0.494 e. The number of aryl methyl sites for hydroxylation is 1. The normalized spacial score (nSPS) is 11.6. The number of carbonyl (C=O) groups is 4. The minimum absolute atomic E-state index is 0.0849. The molecule has 4 aromatic rings. The van der Waals surface area contributed by atoms with E-state index in [4.69, 9.17) is 109 Å². The molecule has 0 saturated carbocycles. The van der Waals surface area contributed by atoms with E-state index in [1.54, 1.807) is 48.5 Å². The third-order valence-corrected chi connectivity index (χ3v) is 7.92. The van der Waals surface area contributed by atoms with E-state index in [2.05, 4.69) is 0 Å². The highest BCUT2D eigenvalue weighted by Gasteiger charge is 2.18. The van der Waals surface area contributed by atoms with Crippen molar-refractivity contribution < 1.29 is 58.6 Å². The van der Waals surface area contributed by atoms with E-state index < -0.39 is 42.2 Å². The highest BCUT2D eigenvalue weighted by atomic mass is 35.5. The van der Waals surface area contributed by atoms with Crippen molar-refractivity contribution in [2.24, 2.45) is 0 Å². The minimum Gasteiger partial charge on any atom is -0.494 e. The summed E-state index contributed by atoms with van der Waals surface area (Å²) in [4.78, 5) is 42.2. The summed E-state index contributed by atoms with van der Waals surface area (Å²) >= 11 is 34.2. The van der Waals surface area contributed by atoms with Crippen molar-refractivity contribution in [1.29, 1.82) is 0 Å². The second-order valence-corrected chi connectivity index (χ2v) is 13.0. The zero-order valence-electron chi connectivity index (χ0n) is 29.0. The topological polar surface area (TPSA) is 186 Å². The van der Waals surface area contributed by atoms with Crippen molar-refractivity contribution in [3.63, 3.8) is 0 Å². The number of ether oxygens (including phenoxy) is 4. The number of hydrogen-bond acceptors (Lipinski definition) is 8. The Bertz CT molecular complexity index is 1820. The molecule has 4 aromatic carbocycles. The SMILES string of the molecule is CC(Oc1ccc(Cl)cc1Cl)C(=O)O.COc1c(Cl)ccc(Cl)c1C(=O)O.C[C@H](Oc1ccc(Cl)cc1)C(=O)O.Cc1cc(Cl)ccc1OC(C)C(=O)O. The van der Waals surface area contributed by atoms with E-state index in [0.29, 0.717) is 37.3 Å². The maximum Gasteiger partial charge on any atom is 0.344 e. The Hall–Kier alpha value is -4.30. The molecule has 0 aliphatic heterocycles. The van der Waals surface area contributed by atoms with E-state index in [0.717, 1.165) is 5.56 Å². The van der Waals surface area contributed by atoms with Gasteiger partial charge >= 0.3 is 23.9 Å². The van der Waals surface area contributed by atoms with E-state index in [9.17, 15) is 19.2 Å². The van der Waals surface area contributed by atoms with E-state index >= 15 is 0 Å². The first kappa shape index (κ1) is 47.7. The summed E-state index contributed by atoms with van der Waals surface area (Å²) in [5.41, 5.74) is 0.710. The van der Waals surface area contributed by atoms with Crippen LogP contribution in [0.4, 0.5) is 0 Å². The molecule has 4 rings (SSSR count). The Balaban J connectivity index is 0.000000360. The molecular weight excluding hydrogens is 837 g/mol. The summed E-state index contributed by atoms with van der Waals surface area (Å²) in [6, 6.07) is 19.1. The monoisotopic (exact) mass is 868 g/mol. The maximum absolute atomic E-state index is 10.7. The smallest absolute Gasteiger partial charge is 0.344 e. The highest BCUT2D eigenvalue weighted by Crippen LogP contribution is 2.33. The third kappa shape index (κ3) is 16.8. The molecule has 0 fully saturated rings. The molecule has 0 aromatic heterocycles. The number of aromatic carboxylic acids is 1. The number of methoxy groups -OCH3 is 1. The minimum atomic E-state index is -1.16. The molecule has 0 saturated heterocycles. The maximum atomic E-state index is 10.7. The van der Waals surface area contributed by atoms with Crippen LogP contribution in [0.5, 0.6) is 23.0 Å².